The van der Waals surface area contributed by atoms with E-state index in [0.717, 1.165) is 38.8 Å². The zero-order chi connectivity index (χ0) is 29.2. The third-order valence-corrected chi connectivity index (χ3v) is 12.0. The van der Waals surface area contributed by atoms with E-state index in [1.54, 1.807) is 0 Å². The molecule has 0 saturated heterocycles. The molecule has 1 aliphatic rings. The van der Waals surface area contributed by atoms with Crippen LogP contribution in [0.3, 0.4) is 0 Å². The molecule has 6 aromatic carbocycles. The van der Waals surface area contributed by atoms with Gasteiger partial charge in [0.15, 0.2) is 0 Å². The number of nitrogens with zero attached hydrogens (tertiary/aromatic N) is 2. The molecular weight excluding hydrogens is 543 g/mol. The molecule has 0 amide bonds. The van der Waals surface area contributed by atoms with Gasteiger partial charge in [0.1, 0.15) is 0 Å². The Hall–Kier alpha value is -4.85. The molecule has 0 atom stereocenters. The van der Waals surface area contributed by atoms with Gasteiger partial charge in [-0.25, -0.2) is 0 Å². The van der Waals surface area contributed by atoms with Crippen molar-refractivity contribution in [2.45, 2.75) is 19.3 Å². The Bertz CT molecular complexity index is 2100. The highest BCUT2D eigenvalue weighted by Crippen LogP contribution is 2.61. The average molecular weight is 575 g/mol. The molecule has 208 valence electrons. The van der Waals surface area contributed by atoms with Crippen molar-refractivity contribution < 1.29 is 4.57 Å². The highest BCUT2D eigenvalue weighted by atomic mass is 31.2. The summed E-state index contributed by atoms with van der Waals surface area (Å²) in [5.41, 5.74) is 7.40. The molecule has 7 aromatic rings. The maximum absolute atomic E-state index is 15.9. The molecule has 0 saturated carbocycles. The van der Waals surface area contributed by atoms with Crippen LogP contribution in [0, 0.1) is 0 Å². The van der Waals surface area contributed by atoms with E-state index in [2.05, 4.69) is 114 Å². The van der Waals surface area contributed by atoms with Crippen LogP contribution >= 0.6 is 7.29 Å². The topological polar surface area (TPSA) is 25.2 Å². The van der Waals surface area contributed by atoms with Gasteiger partial charge in [-0.15, -0.1) is 0 Å². The first-order valence-electron chi connectivity index (χ1n) is 14.7. The SMILES string of the molecule is CC1(C)c2ccccc2N(P(=O)(c2ccccc2)c2ccccc2)c2ccc(-n3c4ccccc4c4ccccc43)cc21. The second-order valence-corrected chi connectivity index (χ2v) is 14.4. The summed E-state index contributed by atoms with van der Waals surface area (Å²) in [5.74, 6) is 0. The number of para-hydroxylation sites is 3. The number of anilines is 2. The van der Waals surface area contributed by atoms with E-state index >= 15 is 4.57 Å². The van der Waals surface area contributed by atoms with Crippen molar-refractivity contribution in [2.75, 3.05) is 4.67 Å². The van der Waals surface area contributed by atoms with E-state index in [1.807, 2.05) is 60.7 Å². The number of hydrogen-bond acceptors (Lipinski definition) is 1. The van der Waals surface area contributed by atoms with Crippen LogP contribution in [0.15, 0.2) is 152 Å². The van der Waals surface area contributed by atoms with Crippen LogP contribution in [0.2, 0.25) is 0 Å². The summed E-state index contributed by atoms with van der Waals surface area (Å²) in [6.07, 6.45) is 0. The molecular formula is C39H31N2OP. The minimum absolute atomic E-state index is 0.324. The number of hydrogen-bond donors (Lipinski definition) is 0. The third kappa shape index (κ3) is 3.72. The number of aromatic nitrogens is 1. The summed E-state index contributed by atoms with van der Waals surface area (Å²) in [4.78, 5) is 0. The van der Waals surface area contributed by atoms with E-state index in [-0.39, 0.29) is 5.41 Å². The molecule has 43 heavy (non-hydrogen) atoms. The molecule has 1 aromatic heterocycles. The second-order valence-electron chi connectivity index (χ2n) is 11.8. The Kier molecular flexibility index (Phi) is 5.76. The molecule has 0 fully saturated rings. The Morgan fingerprint density at radius 2 is 1.00 bits per heavy atom. The van der Waals surface area contributed by atoms with Gasteiger partial charge in [-0.2, -0.15) is 0 Å². The maximum atomic E-state index is 15.9. The summed E-state index contributed by atoms with van der Waals surface area (Å²) in [7, 11) is -3.35. The molecule has 1 aliphatic heterocycles. The molecule has 0 unspecified atom stereocenters. The van der Waals surface area contributed by atoms with Crippen molar-refractivity contribution >= 4 is 51.1 Å². The van der Waals surface area contributed by atoms with Gasteiger partial charge in [0.05, 0.1) is 22.4 Å². The van der Waals surface area contributed by atoms with Gasteiger partial charge in [-0.3, -0.25) is 9.24 Å². The average Bonchev–Trinajstić information content (AvgIpc) is 3.40. The predicted octanol–water partition coefficient (Wildman–Crippen LogP) is 9.49. The fourth-order valence-corrected chi connectivity index (χ4v) is 9.82. The Balaban J connectivity index is 1.44. The lowest BCUT2D eigenvalue weighted by Gasteiger charge is -2.45. The number of benzene rings is 6. The lowest BCUT2D eigenvalue weighted by molar-refractivity contribution is 0.584. The highest BCUT2D eigenvalue weighted by Gasteiger charge is 2.45. The first-order valence-corrected chi connectivity index (χ1v) is 16.4. The minimum Gasteiger partial charge on any atom is -0.309 e. The lowest BCUT2D eigenvalue weighted by atomic mass is 9.74. The van der Waals surface area contributed by atoms with Gasteiger partial charge in [0, 0.05) is 32.5 Å². The van der Waals surface area contributed by atoms with E-state index in [1.165, 1.54) is 21.8 Å². The van der Waals surface area contributed by atoms with Crippen molar-refractivity contribution in [1.82, 2.24) is 4.57 Å². The second kappa shape index (κ2) is 9.59. The van der Waals surface area contributed by atoms with Gasteiger partial charge in [0.2, 0.25) is 7.29 Å². The largest absolute Gasteiger partial charge is 0.309 e. The molecule has 0 spiro atoms. The Morgan fingerprint density at radius 1 is 0.512 bits per heavy atom. The van der Waals surface area contributed by atoms with Crippen molar-refractivity contribution in [3.63, 3.8) is 0 Å². The van der Waals surface area contributed by atoms with Gasteiger partial charge in [-0.1, -0.05) is 105 Å². The van der Waals surface area contributed by atoms with Crippen molar-refractivity contribution in [2.24, 2.45) is 0 Å². The third-order valence-electron chi connectivity index (χ3n) is 9.02. The normalized spacial score (nSPS) is 14.0. The molecule has 2 heterocycles. The van der Waals surface area contributed by atoms with Crippen molar-refractivity contribution in [1.29, 1.82) is 0 Å². The monoisotopic (exact) mass is 574 g/mol. The van der Waals surface area contributed by atoms with Crippen LogP contribution in [-0.2, 0) is 9.98 Å². The van der Waals surface area contributed by atoms with E-state index in [0.29, 0.717) is 0 Å². The van der Waals surface area contributed by atoms with Gasteiger partial charge in [0.25, 0.3) is 0 Å². The van der Waals surface area contributed by atoms with E-state index < -0.39 is 7.29 Å². The lowest BCUT2D eigenvalue weighted by Crippen LogP contribution is -2.36. The summed E-state index contributed by atoms with van der Waals surface area (Å²) in [6.45, 7) is 4.57. The predicted molar refractivity (Wildman–Crippen MR) is 181 cm³/mol. The standard InChI is InChI=1S/C39H31N2OP/c1-39(2)33-21-11-14-24-37(33)41(43(42,29-15-5-3-6-16-29)30-17-7-4-8-18-30)38-26-25-28(27-34(38)39)40-35-22-12-9-19-31(35)32-20-10-13-23-36(32)40/h3-27H,1-2H3. The molecule has 0 bridgehead atoms. The quantitative estimate of drug-likeness (QED) is 0.196. The summed E-state index contributed by atoms with van der Waals surface area (Å²) < 4.78 is 20.4. The van der Waals surface area contributed by atoms with Crippen LogP contribution in [0.25, 0.3) is 27.5 Å². The molecule has 0 N–H and O–H groups in total. The zero-order valence-electron chi connectivity index (χ0n) is 24.2. The fourth-order valence-electron chi connectivity index (χ4n) is 6.95. The Morgan fingerprint density at radius 3 is 1.60 bits per heavy atom. The van der Waals surface area contributed by atoms with Gasteiger partial charge in [-0.05, 0) is 71.8 Å². The van der Waals surface area contributed by atoms with Crippen LogP contribution < -0.4 is 15.3 Å². The van der Waals surface area contributed by atoms with Crippen LogP contribution in [0.5, 0.6) is 0 Å². The van der Waals surface area contributed by atoms with Crippen LogP contribution in [0.4, 0.5) is 11.4 Å². The first-order chi connectivity index (χ1) is 21.0. The van der Waals surface area contributed by atoms with Crippen molar-refractivity contribution in [3.05, 3.63) is 163 Å². The summed E-state index contributed by atoms with van der Waals surface area (Å²) in [5, 5.41) is 4.10. The van der Waals surface area contributed by atoms with Crippen LogP contribution in [0.1, 0.15) is 25.0 Å². The number of fused-ring (bicyclic) bond motifs is 5. The first kappa shape index (κ1) is 25.8. The van der Waals surface area contributed by atoms with E-state index in [4.69, 9.17) is 0 Å². The maximum Gasteiger partial charge on any atom is 0.234 e. The van der Waals surface area contributed by atoms with E-state index in [9.17, 15) is 0 Å². The summed E-state index contributed by atoms with van der Waals surface area (Å²) in [6, 6.07) is 52.3. The summed E-state index contributed by atoms with van der Waals surface area (Å²) >= 11 is 0. The van der Waals surface area contributed by atoms with Crippen molar-refractivity contribution in [3.8, 4) is 5.69 Å². The zero-order valence-corrected chi connectivity index (χ0v) is 25.1. The minimum atomic E-state index is -3.35. The molecule has 0 aliphatic carbocycles. The highest BCUT2D eigenvalue weighted by molar-refractivity contribution is 7.80. The molecule has 3 nitrogen and oxygen atoms in total. The van der Waals surface area contributed by atoms with Crippen LogP contribution in [-0.4, -0.2) is 4.57 Å². The van der Waals surface area contributed by atoms with Gasteiger partial charge >= 0.3 is 0 Å². The molecule has 0 radical (unpaired) electrons. The smallest absolute Gasteiger partial charge is 0.234 e. The van der Waals surface area contributed by atoms with Gasteiger partial charge < -0.3 is 4.57 Å². The molecule has 8 rings (SSSR count). The Labute approximate surface area is 252 Å². The fraction of sp³-hybridized carbons (Fsp3) is 0.0769. The number of rotatable bonds is 4. The molecule has 4 heteroatoms.